The van der Waals surface area contributed by atoms with Gasteiger partial charge in [0.1, 0.15) is 0 Å². The highest BCUT2D eigenvalue weighted by atomic mass is 32.2. The molecular weight excluding hydrogens is 306 g/mol. The summed E-state index contributed by atoms with van der Waals surface area (Å²) in [5.41, 5.74) is 0.984. The van der Waals surface area contributed by atoms with Crippen LogP contribution in [0.5, 0.6) is 0 Å². The predicted octanol–water partition coefficient (Wildman–Crippen LogP) is 0.448. The van der Waals surface area contributed by atoms with Crippen LogP contribution in [0.3, 0.4) is 0 Å². The number of aliphatic hydroxyl groups is 1. The summed E-state index contributed by atoms with van der Waals surface area (Å²) < 4.78 is 32.8. The lowest BCUT2D eigenvalue weighted by molar-refractivity contribution is 0.214. The lowest BCUT2D eigenvalue weighted by atomic mass is 9.92. The molecule has 0 bridgehead atoms. The molecule has 126 valence electrons. The average molecular weight is 331 g/mol. The highest BCUT2D eigenvalue weighted by Crippen LogP contribution is 2.34. The molecule has 2 rings (SSSR count). The number of hydrogen-bond donors (Lipinski definition) is 1. The first-order valence-electron chi connectivity index (χ1n) is 7.50. The van der Waals surface area contributed by atoms with Gasteiger partial charge >= 0.3 is 0 Å². The molecule has 8 heteroatoms. The summed E-state index contributed by atoms with van der Waals surface area (Å²) in [6.45, 7) is 4.96. The fourth-order valence-corrected chi connectivity index (χ4v) is 4.21. The molecule has 0 unspecified atom stereocenters. The molecule has 22 heavy (non-hydrogen) atoms. The molecule has 0 saturated carbocycles. The molecule has 1 aliphatic rings. The normalized spacial score (nSPS) is 23.5. The molecule has 0 amide bonds. The summed E-state index contributed by atoms with van der Waals surface area (Å²) in [6, 6.07) is 0.254. The third kappa shape index (κ3) is 3.68. The van der Waals surface area contributed by atoms with Gasteiger partial charge in [0.2, 0.25) is 10.0 Å². The zero-order valence-electron chi connectivity index (χ0n) is 13.3. The Bertz CT molecular complexity index is 585. The van der Waals surface area contributed by atoms with Crippen molar-refractivity contribution >= 4 is 10.0 Å². The van der Waals surface area contributed by atoms with Gasteiger partial charge in [-0.3, -0.25) is 4.68 Å². The SMILES string of the molecule is COCCS(=O)(=O)N1C[C@@H](CO)[C@H](c2cnn(C(C)C)c2)C1. The second-order valence-electron chi connectivity index (χ2n) is 6.02. The zero-order chi connectivity index (χ0) is 16.3. The summed E-state index contributed by atoms with van der Waals surface area (Å²) >= 11 is 0. The van der Waals surface area contributed by atoms with Crippen molar-refractivity contribution < 1.29 is 18.3 Å². The molecule has 2 heterocycles. The van der Waals surface area contributed by atoms with Crippen LogP contribution in [0, 0.1) is 5.92 Å². The molecule has 1 fully saturated rings. The van der Waals surface area contributed by atoms with E-state index in [9.17, 15) is 13.5 Å². The van der Waals surface area contributed by atoms with Crippen molar-refractivity contribution in [3.63, 3.8) is 0 Å². The van der Waals surface area contributed by atoms with Crippen LogP contribution < -0.4 is 0 Å². The Balaban J connectivity index is 2.15. The van der Waals surface area contributed by atoms with E-state index in [2.05, 4.69) is 5.10 Å². The van der Waals surface area contributed by atoms with Crippen molar-refractivity contribution in [1.29, 1.82) is 0 Å². The van der Waals surface area contributed by atoms with Crippen LogP contribution >= 0.6 is 0 Å². The summed E-state index contributed by atoms with van der Waals surface area (Å²) in [5, 5.41) is 13.9. The fraction of sp³-hybridized carbons (Fsp3) is 0.786. The van der Waals surface area contributed by atoms with E-state index in [-0.39, 0.29) is 36.8 Å². The third-order valence-electron chi connectivity index (χ3n) is 4.16. The zero-order valence-corrected chi connectivity index (χ0v) is 14.2. The molecule has 1 aliphatic heterocycles. The molecule has 0 aliphatic carbocycles. The number of hydrogen-bond acceptors (Lipinski definition) is 5. The second kappa shape index (κ2) is 7.08. The van der Waals surface area contributed by atoms with Gasteiger partial charge in [-0.15, -0.1) is 0 Å². The smallest absolute Gasteiger partial charge is 0.216 e. The third-order valence-corrected chi connectivity index (χ3v) is 5.93. The highest BCUT2D eigenvalue weighted by molar-refractivity contribution is 7.89. The number of aliphatic hydroxyl groups excluding tert-OH is 1. The standard InChI is InChI=1S/C14H25N3O4S/c1-11(2)17-8-12(6-15-17)14-9-16(7-13(14)10-18)22(19,20)5-4-21-3/h6,8,11,13-14,18H,4-5,7,9-10H2,1-3H3/t13-,14-/m0/s1. The first-order chi connectivity index (χ1) is 10.4. The van der Waals surface area contributed by atoms with Crippen LogP contribution in [-0.4, -0.2) is 66.8 Å². The van der Waals surface area contributed by atoms with E-state index in [1.54, 1.807) is 6.20 Å². The number of nitrogens with zero attached hydrogens (tertiary/aromatic N) is 3. The molecule has 1 aromatic heterocycles. The maximum atomic E-state index is 12.3. The molecule has 0 aromatic carbocycles. The predicted molar refractivity (Wildman–Crippen MR) is 83.2 cm³/mol. The van der Waals surface area contributed by atoms with Crippen molar-refractivity contribution in [2.45, 2.75) is 25.8 Å². The van der Waals surface area contributed by atoms with Crippen molar-refractivity contribution in [2.75, 3.05) is 39.2 Å². The van der Waals surface area contributed by atoms with E-state index < -0.39 is 10.0 Å². The Hall–Kier alpha value is -0.960. The minimum Gasteiger partial charge on any atom is -0.396 e. The Morgan fingerprint density at radius 2 is 2.18 bits per heavy atom. The van der Waals surface area contributed by atoms with Crippen molar-refractivity contribution in [2.24, 2.45) is 5.92 Å². The molecule has 1 N–H and O–H groups in total. The van der Waals surface area contributed by atoms with Crippen molar-refractivity contribution in [3.8, 4) is 0 Å². The van der Waals surface area contributed by atoms with Gasteiger partial charge in [-0.1, -0.05) is 0 Å². The number of ether oxygens (including phenoxy) is 1. The number of aromatic nitrogens is 2. The average Bonchev–Trinajstić information content (AvgIpc) is 3.11. The van der Waals surface area contributed by atoms with Gasteiger partial charge in [-0.25, -0.2) is 12.7 Å². The molecule has 7 nitrogen and oxygen atoms in total. The maximum Gasteiger partial charge on any atom is 0.216 e. The summed E-state index contributed by atoms with van der Waals surface area (Å²) in [6.07, 6.45) is 3.72. The van der Waals surface area contributed by atoms with Crippen LogP contribution in [-0.2, 0) is 14.8 Å². The van der Waals surface area contributed by atoms with E-state index in [0.29, 0.717) is 13.1 Å². The van der Waals surface area contributed by atoms with Gasteiger partial charge in [0, 0.05) is 50.9 Å². The quantitative estimate of drug-likeness (QED) is 0.784. The Morgan fingerprint density at radius 3 is 2.73 bits per heavy atom. The first-order valence-corrected chi connectivity index (χ1v) is 9.11. The summed E-state index contributed by atoms with van der Waals surface area (Å²) in [7, 11) is -1.86. The largest absolute Gasteiger partial charge is 0.396 e. The van der Waals surface area contributed by atoms with Crippen molar-refractivity contribution in [1.82, 2.24) is 14.1 Å². The fourth-order valence-electron chi connectivity index (χ4n) is 2.77. The minimum absolute atomic E-state index is 0.0187. The van der Waals surface area contributed by atoms with Crippen LogP contribution in [0.15, 0.2) is 12.4 Å². The lowest BCUT2D eigenvalue weighted by Gasteiger charge is -2.15. The van der Waals surface area contributed by atoms with Crippen LogP contribution in [0.2, 0.25) is 0 Å². The van der Waals surface area contributed by atoms with Crippen LogP contribution in [0.1, 0.15) is 31.4 Å². The Morgan fingerprint density at radius 1 is 1.45 bits per heavy atom. The minimum atomic E-state index is -3.35. The van der Waals surface area contributed by atoms with Gasteiger partial charge in [0.15, 0.2) is 0 Å². The lowest BCUT2D eigenvalue weighted by Crippen LogP contribution is -2.32. The van der Waals surface area contributed by atoms with Gasteiger partial charge in [0.25, 0.3) is 0 Å². The monoisotopic (exact) mass is 331 g/mol. The second-order valence-corrected chi connectivity index (χ2v) is 8.11. The van der Waals surface area contributed by atoms with Gasteiger partial charge in [-0.05, 0) is 19.4 Å². The molecule has 1 aromatic rings. The first kappa shape index (κ1) is 17.4. The van der Waals surface area contributed by atoms with Gasteiger partial charge in [0.05, 0.1) is 18.6 Å². The van der Waals surface area contributed by atoms with E-state index in [1.807, 2.05) is 24.7 Å². The summed E-state index contributed by atoms with van der Waals surface area (Å²) in [5.74, 6) is -0.142. The van der Waals surface area contributed by atoms with E-state index in [1.165, 1.54) is 11.4 Å². The number of sulfonamides is 1. The Labute approximate surface area is 131 Å². The van der Waals surface area contributed by atoms with E-state index in [4.69, 9.17) is 4.74 Å². The number of methoxy groups -OCH3 is 1. The van der Waals surface area contributed by atoms with Crippen molar-refractivity contribution in [3.05, 3.63) is 18.0 Å². The van der Waals surface area contributed by atoms with E-state index in [0.717, 1.165) is 5.56 Å². The molecule has 0 radical (unpaired) electrons. The topological polar surface area (TPSA) is 84.7 Å². The molecule has 0 spiro atoms. The maximum absolute atomic E-state index is 12.3. The van der Waals surface area contributed by atoms with Crippen LogP contribution in [0.25, 0.3) is 0 Å². The highest BCUT2D eigenvalue weighted by Gasteiger charge is 2.39. The molecular formula is C14H25N3O4S. The molecule has 2 atom stereocenters. The van der Waals surface area contributed by atoms with E-state index >= 15 is 0 Å². The summed E-state index contributed by atoms with van der Waals surface area (Å²) in [4.78, 5) is 0. The number of rotatable bonds is 7. The Kier molecular flexibility index (Phi) is 5.60. The van der Waals surface area contributed by atoms with Crippen LogP contribution in [0.4, 0.5) is 0 Å². The van der Waals surface area contributed by atoms with Gasteiger partial charge in [-0.2, -0.15) is 5.10 Å². The van der Waals surface area contributed by atoms with Gasteiger partial charge < -0.3 is 9.84 Å². The molecule has 1 saturated heterocycles.